The Labute approximate surface area is 191 Å². The van der Waals surface area contributed by atoms with Crippen LogP contribution in [0.15, 0.2) is 29.8 Å². The van der Waals surface area contributed by atoms with Crippen molar-refractivity contribution in [3.8, 4) is 0 Å². The van der Waals surface area contributed by atoms with Crippen LogP contribution in [0.1, 0.15) is 22.5 Å². The Kier molecular flexibility index (Phi) is 8.05. The average molecular weight is 489 g/mol. The molecule has 0 aliphatic carbocycles. The lowest BCUT2D eigenvalue weighted by atomic mass is 10.4. The summed E-state index contributed by atoms with van der Waals surface area (Å²) in [5.41, 5.74) is 3.18. The molecule has 2 aromatic heterocycles. The number of halogens is 3. The van der Waals surface area contributed by atoms with Crippen LogP contribution in [0.2, 0.25) is 0 Å². The molecule has 2 aliphatic heterocycles. The molecule has 1 atom stereocenters. The van der Waals surface area contributed by atoms with Crippen molar-refractivity contribution in [3.05, 3.63) is 40.4 Å². The highest BCUT2D eigenvalue weighted by Gasteiger charge is 2.29. The van der Waals surface area contributed by atoms with Crippen LogP contribution in [0.5, 0.6) is 0 Å². The van der Waals surface area contributed by atoms with Gasteiger partial charge in [0, 0.05) is 44.3 Å². The van der Waals surface area contributed by atoms with Crippen molar-refractivity contribution in [2.75, 3.05) is 42.9 Å². The molecule has 32 heavy (non-hydrogen) atoms. The second-order valence-corrected chi connectivity index (χ2v) is 9.33. The molecule has 0 saturated carbocycles. The van der Waals surface area contributed by atoms with Gasteiger partial charge in [0.15, 0.2) is 0 Å². The largest absolute Gasteiger partial charge is 0.445 e. The third kappa shape index (κ3) is 6.24. The lowest BCUT2D eigenvalue weighted by Crippen LogP contribution is -2.29. The smallest absolute Gasteiger partial charge is 0.314 e. The van der Waals surface area contributed by atoms with Gasteiger partial charge in [-0.2, -0.15) is 8.78 Å². The number of pyridine rings is 1. The van der Waals surface area contributed by atoms with Crippen LogP contribution >= 0.6 is 23.3 Å². The molecule has 2 aliphatic rings. The number of alkyl halides is 2. The summed E-state index contributed by atoms with van der Waals surface area (Å²) in [4.78, 5) is 11.3. The van der Waals surface area contributed by atoms with Gasteiger partial charge in [0.05, 0.1) is 36.1 Å². The Hall–Kier alpha value is -2.09. The van der Waals surface area contributed by atoms with E-state index in [0.717, 1.165) is 56.2 Å². The predicted octanol–water partition coefficient (Wildman–Crippen LogP) is 3.25. The molecule has 1 N–H and O–H groups in total. The van der Waals surface area contributed by atoms with Crippen molar-refractivity contribution in [3.63, 3.8) is 0 Å². The molecule has 174 valence electrons. The molecule has 2 aromatic rings. The number of hydrazone groups is 1. The van der Waals surface area contributed by atoms with E-state index in [-0.39, 0.29) is 0 Å². The molecule has 4 rings (SSSR count). The topological polar surface area (TPSA) is 75.1 Å². The summed E-state index contributed by atoms with van der Waals surface area (Å²) < 4.78 is 51.9. The molecule has 0 spiro atoms. The second kappa shape index (κ2) is 11.2. The molecule has 8 nitrogen and oxygen atoms in total. The molecule has 4 heterocycles. The molecular formula is C19H23F3N6O2S2. The van der Waals surface area contributed by atoms with E-state index < -0.39 is 24.4 Å². The van der Waals surface area contributed by atoms with Gasteiger partial charge in [0.1, 0.15) is 10.8 Å². The number of hydrogen-bond acceptors (Lipinski definition) is 10. The standard InChI is InChI=1S/C19H23F3N6O2S2/c20-13-8-14(10-23-9-13)28(31-7-4-27-2-1-5-29-6-3-27)12-16-24-11-15(32-16)18-25-26-19(30-18)17(21)22/h8-11,17-18,25H,1-7,12H2. The SMILES string of the molecule is Fc1cncc(N(Cc2ncc(C3NN=C(C(F)F)O3)s2)SCCN2CCCOCC2)c1. The van der Waals surface area contributed by atoms with Crippen molar-refractivity contribution in [1.82, 2.24) is 20.3 Å². The molecule has 0 aromatic carbocycles. The van der Waals surface area contributed by atoms with Crippen molar-refractivity contribution in [2.24, 2.45) is 5.10 Å². The summed E-state index contributed by atoms with van der Waals surface area (Å²) in [6.45, 7) is 4.70. The van der Waals surface area contributed by atoms with E-state index >= 15 is 0 Å². The van der Waals surface area contributed by atoms with Crippen molar-refractivity contribution >= 4 is 34.9 Å². The van der Waals surface area contributed by atoms with E-state index in [2.05, 4.69) is 25.4 Å². The van der Waals surface area contributed by atoms with Gasteiger partial charge in [0.25, 0.3) is 5.90 Å². The first-order valence-corrected chi connectivity index (χ1v) is 11.9. The monoisotopic (exact) mass is 488 g/mol. The number of nitrogens with one attached hydrogen (secondary N) is 1. The molecule has 0 bridgehead atoms. The summed E-state index contributed by atoms with van der Waals surface area (Å²) >= 11 is 2.89. The van der Waals surface area contributed by atoms with Gasteiger partial charge < -0.3 is 18.7 Å². The molecule has 0 amide bonds. The fraction of sp³-hybridized carbons (Fsp3) is 0.526. The van der Waals surface area contributed by atoms with E-state index in [9.17, 15) is 13.2 Å². The van der Waals surface area contributed by atoms with Crippen LogP contribution in [0, 0.1) is 5.82 Å². The van der Waals surface area contributed by atoms with Gasteiger partial charge in [0.2, 0.25) is 6.23 Å². The molecule has 13 heteroatoms. The quantitative estimate of drug-likeness (QED) is 0.540. The number of aromatic nitrogens is 2. The van der Waals surface area contributed by atoms with E-state index in [1.165, 1.54) is 17.4 Å². The minimum absolute atomic E-state index is 0.402. The molecule has 1 unspecified atom stereocenters. The normalized spacial score (nSPS) is 19.4. The number of hydrogen-bond donors (Lipinski definition) is 1. The highest BCUT2D eigenvalue weighted by molar-refractivity contribution is 8.00. The lowest BCUT2D eigenvalue weighted by molar-refractivity contribution is 0.136. The van der Waals surface area contributed by atoms with Crippen molar-refractivity contribution < 1.29 is 22.6 Å². The fourth-order valence-corrected chi connectivity index (χ4v) is 5.20. The van der Waals surface area contributed by atoms with Crippen molar-refractivity contribution in [1.29, 1.82) is 0 Å². The summed E-state index contributed by atoms with van der Waals surface area (Å²) in [6.07, 6.45) is 1.79. The average Bonchev–Trinajstić information content (AvgIpc) is 3.38. The highest BCUT2D eigenvalue weighted by atomic mass is 32.2. The molecule has 1 fully saturated rings. The first-order valence-electron chi connectivity index (χ1n) is 10.1. The third-order valence-electron chi connectivity index (χ3n) is 4.77. The summed E-state index contributed by atoms with van der Waals surface area (Å²) in [5, 5.41) is 4.24. The van der Waals surface area contributed by atoms with Crippen LogP contribution in [0.4, 0.5) is 18.9 Å². The minimum Gasteiger partial charge on any atom is -0.445 e. The second-order valence-electron chi connectivity index (χ2n) is 7.07. The number of thiazole rings is 1. The van der Waals surface area contributed by atoms with E-state index in [0.29, 0.717) is 17.1 Å². The van der Waals surface area contributed by atoms with E-state index in [1.807, 2.05) is 4.31 Å². The summed E-state index contributed by atoms with van der Waals surface area (Å²) in [5.74, 6) is -0.252. The Morgan fingerprint density at radius 2 is 2.19 bits per heavy atom. The maximum atomic E-state index is 13.8. The zero-order chi connectivity index (χ0) is 22.3. The Morgan fingerprint density at radius 1 is 1.28 bits per heavy atom. The lowest BCUT2D eigenvalue weighted by Gasteiger charge is -2.24. The zero-order valence-corrected chi connectivity index (χ0v) is 18.8. The number of nitrogens with zero attached hydrogens (tertiary/aromatic N) is 5. The Morgan fingerprint density at radius 3 is 3.00 bits per heavy atom. The van der Waals surface area contributed by atoms with Gasteiger partial charge in [-0.3, -0.25) is 10.4 Å². The van der Waals surface area contributed by atoms with Crippen LogP contribution in [0.25, 0.3) is 0 Å². The zero-order valence-electron chi connectivity index (χ0n) is 17.1. The first-order chi connectivity index (χ1) is 15.6. The van der Waals surface area contributed by atoms with Crippen LogP contribution < -0.4 is 9.73 Å². The van der Waals surface area contributed by atoms with Crippen LogP contribution in [-0.4, -0.2) is 65.8 Å². The maximum Gasteiger partial charge on any atom is 0.314 e. The minimum atomic E-state index is -2.77. The molecule has 1 saturated heterocycles. The molecular weight excluding hydrogens is 465 g/mol. The third-order valence-corrected chi connectivity index (χ3v) is 6.82. The van der Waals surface area contributed by atoms with Gasteiger partial charge in [-0.1, -0.05) is 0 Å². The van der Waals surface area contributed by atoms with E-state index in [4.69, 9.17) is 9.47 Å². The van der Waals surface area contributed by atoms with Gasteiger partial charge in [-0.25, -0.2) is 9.37 Å². The predicted molar refractivity (Wildman–Crippen MR) is 117 cm³/mol. The van der Waals surface area contributed by atoms with Crippen LogP contribution in [0.3, 0.4) is 0 Å². The number of ether oxygens (including phenoxy) is 2. The number of anilines is 1. The van der Waals surface area contributed by atoms with Gasteiger partial charge in [-0.15, -0.1) is 16.4 Å². The Bertz CT molecular complexity index is 911. The Balaban J connectivity index is 1.39. The summed E-state index contributed by atoms with van der Waals surface area (Å²) in [6, 6.07) is 1.43. The fourth-order valence-electron chi connectivity index (χ4n) is 3.21. The number of rotatable bonds is 9. The highest BCUT2D eigenvalue weighted by Crippen LogP contribution is 2.30. The summed E-state index contributed by atoms with van der Waals surface area (Å²) in [7, 11) is 0. The first kappa shape index (κ1) is 23.1. The van der Waals surface area contributed by atoms with Crippen LogP contribution in [-0.2, 0) is 16.0 Å². The van der Waals surface area contributed by atoms with Crippen molar-refractivity contribution in [2.45, 2.75) is 25.6 Å². The van der Waals surface area contributed by atoms with Gasteiger partial charge in [-0.05, 0) is 18.4 Å². The molecule has 0 radical (unpaired) electrons. The maximum absolute atomic E-state index is 13.8. The van der Waals surface area contributed by atoms with Gasteiger partial charge >= 0.3 is 6.43 Å². The van der Waals surface area contributed by atoms with E-state index in [1.54, 1.807) is 24.3 Å².